The van der Waals surface area contributed by atoms with E-state index in [9.17, 15) is 9.59 Å². The largest absolute Gasteiger partial charge is 0.497 e. The van der Waals surface area contributed by atoms with Gasteiger partial charge in [0.2, 0.25) is 11.7 Å². The molecule has 0 saturated heterocycles. The van der Waals surface area contributed by atoms with E-state index in [1.165, 1.54) is 4.90 Å². The van der Waals surface area contributed by atoms with Crippen LogP contribution in [0.5, 0.6) is 5.75 Å². The standard InChI is InChI=1S/C24H19N3O4/c1-13-11-17-18(12-14(13)2)31-22-19(21(17)28)20(15-5-7-16(30-3)8-6-15)27(23(22)29)24-25-9-4-10-26-24/h4-12,20H,1-3H3. The molecule has 0 N–H and O–H groups in total. The molecule has 0 bridgehead atoms. The number of benzene rings is 2. The van der Waals surface area contributed by atoms with Crippen molar-refractivity contribution < 1.29 is 13.9 Å². The average molecular weight is 413 g/mol. The molecule has 1 atom stereocenters. The summed E-state index contributed by atoms with van der Waals surface area (Å²) in [6.45, 7) is 3.88. The number of methoxy groups -OCH3 is 1. The van der Waals surface area contributed by atoms with Crippen molar-refractivity contribution in [2.24, 2.45) is 0 Å². The second-order valence-electron chi connectivity index (χ2n) is 7.51. The second kappa shape index (κ2) is 7.05. The van der Waals surface area contributed by atoms with Gasteiger partial charge in [-0.05, 0) is 60.9 Å². The van der Waals surface area contributed by atoms with E-state index in [2.05, 4.69) is 9.97 Å². The maximum Gasteiger partial charge on any atom is 0.297 e. The van der Waals surface area contributed by atoms with Crippen molar-refractivity contribution >= 4 is 22.8 Å². The van der Waals surface area contributed by atoms with Crippen molar-refractivity contribution in [2.75, 3.05) is 12.0 Å². The predicted octanol–water partition coefficient (Wildman–Crippen LogP) is 3.96. The topological polar surface area (TPSA) is 85.5 Å². The molecule has 2 aromatic heterocycles. The summed E-state index contributed by atoms with van der Waals surface area (Å²) >= 11 is 0. The molecule has 1 aliphatic heterocycles. The van der Waals surface area contributed by atoms with Crippen LogP contribution in [-0.2, 0) is 0 Å². The van der Waals surface area contributed by atoms with Gasteiger partial charge in [-0.2, -0.15) is 0 Å². The number of rotatable bonds is 3. The van der Waals surface area contributed by atoms with Gasteiger partial charge in [0.25, 0.3) is 5.91 Å². The Hall–Kier alpha value is -4.00. The van der Waals surface area contributed by atoms with Gasteiger partial charge in [-0.3, -0.25) is 14.5 Å². The zero-order chi connectivity index (χ0) is 21.7. The fraction of sp³-hybridized carbons (Fsp3) is 0.167. The lowest BCUT2D eigenvalue weighted by Crippen LogP contribution is -2.31. The Balaban J connectivity index is 1.81. The fourth-order valence-corrected chi connectivity index (χ4v) is 3.95. The summed E-state index contributed by atoms with van der Waals surface area (Å²) in [4.78, 5) is 37.0. The molecule has 31 heavy (non-hydrogen) atoms. The summed E-state index contributed by atoms with van der Waals surface area (Å²) in [5.74, 6) is 0.455. The smallest absolute Gasteiger partial charge is 0.297 e. The van der Waals surface area contributed by atoms with Gasteiger partial charge >= 0.3 is 0 Å². The number of carbonyl (C=O) groups excluding carboxylic acids is 1. The van der Waals surface area contributed by atoms with Gasteiger partial charge in [-0.15, -0.1) is 0 Å². The predicted molar refractivity (Wildman–Crippen MR) is 116 cm³/mol. The van der Waals surface area contributed by atoms with Crippen molar-refractivity contribution in [1.82, 2.24) is 9.97 Å². The van der Waals surface area contributed by atoms with Gasteiger partial charge in [0.05, 0.1) is 24.1 Å². The van der Waals surface area contributed by atoms with E-state index in [4.69, 9.17) is 9.15 Å². The van der Waals surface area contributed by atoms with Crippen LogP contribution in [0.3, 0.4) is 0 Å². The van der Waals surface area contributed by atoms with Crippen LogP contribution in [0.1, 0.15) is 38.9 Å². The van der Waals surface area contributed by atoms with E-state index < -0.39 is 11.9 Å². The molecule has 2 aromatic carbocycles. The zero-order valence-corrected chi connectivity index (χ0v) is 17.2. The Morgan fingerprint density at radius 3 is 2.35 bits per heavy atom. The normalized spacial score (nSPS) is 15.4. The lowest BCUT2D eigenvalue weighted by molar-refractivity contribution is 0.0969. The van der Waals surface area contributed by atoms with Crippen LogP contribution < -0.4 is 15.1 Å². The van der Waals surface area contributed by atoms with Crippen LogP contribution >= 0.6 is 0 Å². The monoisotopic (exact) mass is 413 g/mol. The summed E-state index contributed by atoms with van der Waals surface area (Å²) in [5.41, 5.74) is 3.15. The van der Waals surface area contributed by atoms with Crippen LogP contribution in [0.15, 0.2) is 64.1 Å². The molecule has 7 heteroatoms. The summed E-state index contributed by atoms with van der Waals surface area (Å²) in [6, 6.07) is 11.8. The lowest BCUT2D eigenvalue weighted by Gasteiger charge is -2.23. The van der Waals surface area contributed by atoms with E-state index in [1.54, 1.807) is 43.8 Å². The molecular formula is C24H19N3O4. The quantitative estimate of drug-likeness (QED) is 0.505. The van der Waals surface area contributed by atoms with Crippen molar-refractivity contribution in [1.29, 1.82) is 0 Å². The molecule has 0 saturated carbocycles. The summed E-state index contributed by atoms with van der Waals surface area (Å²) in [6.07, 6.45) is 3.12. The Labute approximate surface area is 177 Å². The highest BCUT2D eigenvalue weighted by Crippen LogP contribution is 2.40. The number of hydrogen-bond donors (Lipinski definition) is 0. The molecule has 4 aromatic rings. The SMILES string of the molecule is COc1ccc(C2c3c(oc4cc(C)c(C)cc4c3=O)C(=O)N2c2ncccn2)cc1. The molecule has 0 radical (unpaired) electrons. The van der Waals surface area contributed by atoms with Gasteiger partial charge in [-0.25, -0.2) is 9.97 Å². The van der Waals surface area contributed by atoms with E-state index in [-0.39, 0.29) is 17.1 Å². The van der Waals surface area contributed by atoms with Gasteiger partial charge in [0.15, 0.2) is 5.43 Å². The first kappa shape index (κ1) is 19.0. The number of aryl methyl sites for hydroxylation is 2. The van der Waals surface area contributed by atoms with Crippen LogP contribution in [0.25, 0.3) is 11.0 Å². The first-order valence-corrected chi connectivity index (χ1v) is 9.82. The van der Waals surface area contributed by atoms with Crippen molar-refractivity contribution in [2.45, 2.75) is 19.9 Å². The maximum absolute atomic E-state index is 13.6. The van der Waals surface area contributed by atoms with Gasteiger partial charge in [0.1, 0.15) is 11.3 Å². The van der Waals surface area contributed by atoms with Crippen molar-refractivity contribution in [3.8, 4) is 5.75 Å². The number of nitrogens with zero attached hydrogens (tertiary/aromatic N) is 3. The highest BCUT2D eigenvalue weighted by molar-refractivity contribution is 6.09. The molecular weight excluding hydrogens is 394 g/mol. The number of ether oxygens (including phenoxy) is 1. The average Bonchev–Trinajstić information content (AvgIpc) is 3.08. The number of amides is 1. The number of aromatic nitrogens is 2. The highest BCUT2D eigenvalue weighted by atomic mass is 16.5. The van der Waals surface area contributed by atoms with Gasteiger partial charge in [0, 0.05) is 12.4 Å². The minimum atomic E-state index is -0.710. The second-order valence-corrected chi connectivity index (χ2v) is 7.51. The maximum atomic E-state index is 13.6. The summed E-state index contributed by atoms with van der Waals surface area (Å²) in [5, 5.41) is 0.448. The van der Waals surface area contributed by atoms with Crippen LogP contribution in [0, 0.1) is 13.8 Å². The molecule has 0 aliphatic carbocycles. The third kappa shape index (κ3) is 2.89. The molecule has 0 fully saturated rings. The van der Waals surface area contributed by atoms with Crippen LogP contribution in [0.2, 0.25) is 0 Å². The molecule has 1 unspecified atom stereocenters. The van der Waals surface area contributed by atoms with E-state index in [1.807, 2.05) is 32.0 Å². The minimum Gasteiger partial charge on any atom is -0.497 e. The third-order valence-corrected chi connectivity index (χ3v) is 5.69. The van der Waals surface area contributed by atoms with E-state index in [0.29, 0.717) is 22.3 Å². The Morgan fingerprint density at radius 1 is 1.00 bits per heavy atom. The number of hydrogen-bond acceptors (Lipinski definition) is 6. The first-order valence-electron chi connectivity index (χ1n) is 9.82. The zero-order valence-electron chi connectivity index (χ0n) is 17.2. The lowest BCUT2D eigenvalue weighted by atomic mass is 9.97. The fourth-order valence-electron chi connectivity index (χ4n) is 3.95. The Bertz CT molecular complexity index is 1380. The number of anilines is 1. The van der Waals surface area contributed by atoms with Crippen molar-refractivity contribution in [3.63, 3.8) is 0 Å². The Morgan fingerprint density at radius 2 is 1.68 bits per heavy atom. The third-order valence-electron chi connectivity index (χ3n) is 5.69. The van der Waals surface area contributed by atoms with Gasteiger partial charge < -0.3 is 9.15 Å². The molecule has 5 rings (SSSR count). The molecule has 1 amide bonds. The molecule has 3 heterocycles. The number of carbonyl (C=O) groups is 1. The van der Waals surface area contributed by atoms with Crippen molar-refractivity contribution in [3.05, 3.63) is 93.1 Å². The molecule has 154 valence electrons. The van der Waals surface area contributed by atoms with Gasteiger partial charge in [-0.1, -0.05) is 12.1 Å². The highest BCUT2D eigenvalue weighted by Gasteiger charge is 2.44. The first-order chi connectivity index (χ1) is 15.0. The molecule has 7 nitrogen and oxygen atoms in total. The number of fused-ring (bicyclic) bond motifs is 2. The van der Waals surface area contributed by atoms with E-state index >= 15 is 0 Å². The van der Waals surface area contributed by atoms with Crippen LogP contribution in [-0.4, -0.2) is 23.0 Å². The van der Waals surface area contributed by atoms with Crippen LogP contribution in [0.4, 0.5) is 5.95 Å². The minimum absolute atomic E-state index is 0.0222. The molecule has 1 aliphatic rings. The Kier molecular flexibility index (Phi) is 4.32. The summed E-state index contributed by atoms with van der Waals surface area (Å²) in [7, 11) is 1.58. The molecule has 0 spiro atoms. The van der Waals surface area contributed by atoms with E-state index in [0.717, 1.165) is 16.7 Å². The summed E-state index contributed by atoms with van der Waals surface area (Å²) < 4.78 is 11.3.